The molecule has 1 aliphatic heterocycles. The van der Waals surface area contributed by atoms with Crippen LogP contribution in [-0.2, 0) is 25.1 Å². The number of esters is 1. The maximum absolute atomic E-state index is 13.3. The van der Waals surface area contributed by atoms with Crippen LogP contribution in [-0.4, -0.2) is 37.6 Å². The van der Waals surface area contributed by atoms with Crippen LogP contribution in [0.5, 0.6) is 0 Å². The van der Waals surface area contributed by atoms with Gasteiger partial charge in [-0.15, -0.1) is 0 Å². The van der Waals surface area contributed by atoms with Gasteiger partial charge in [0.2, 0.25) is 10.0 Å². The molecule has 28 heavy (non-hydrogen) atoms. The molecule has 2 aromatic carbocycles. The summed E-state index contributed by atoms with van der Waals surface area (Å²) in [5.41, 5.74) is -1.05. The van der Waals surface area contributed by atoms with Crippen molar-refractivity contribution in [2.45, 2.75) is 31.2 Å². The van der Waals surface area contributed by atoms with Gasteiger partial charge in [-0.2, -0.15) is 4.31 Å². The van der Waals surface area contributed by atoms with Gasteiger partial charge in [-0.05, 0) is 13.0 Å². The molecule has 0 aliphatic carbocycles. The molecule has 148 valence electrons. The van der Waals surface area contributed by atoms with Gasteiger partial charge in [-0.1, -0.05) is 62.4 Å². The number of benzene rings is 2. The number of sulfonamides is 1. The lowest BCUT2D eigenvalue weighted by Crippen LogP contribution is -2.56. The minimum absolute atomic E-state index is 0.0300. The molecule has 0 bridgehead atoms. The third kappa shape index (κ3) is 2.77. The van der Waals surface area contributed by atoms with E-state index in [1.807, 2.05) is 0 Å². The van der Waals surface area contributed by atoms with E-state index in [1.54, 1.807) is 69.3 Å². The Balaban J connectivity index is 2.30. The molecule has 0 saturated carbocycles. The molecule has 3 rings (SSSR count). The van der Waals surface area contributed by atoms with E-state index >= 15 is 0 Å². The molecule has 6 nitrogen and oxygen atoms in total. The van der Waals surface area contributed by atoms with Crippen LogP contribution in [0.4, 0.5) is 0 Å². The number of rotatable bonds is 6. The zero-order chi connectivity index (χ0) is 20.5. The van der Waals surface area contributed by atoms with E-state index in [0.29, 0.717) is 5.56 Å². The van der Waals surface area contributed by atoms with E-state index in [0.717, 1.165) is 4.31 Å². The molecule has 1 aliphatic rings. The van der Waals surface area contributed by atoms with Gasteiger partial charge in [-0.3, -0.25) is 4.79 Å². The fourth-order valence-electron chi connectivity index (χ4n) is 3.99. The van der Waals surface area contributed by atoms with Crippen molar-refractivity contribution < 1.29 is 22.7 Å². The number of Topliss-reactive ketones (excluding diaryl/α,β-unsaturated/α-hetero) is 1. The number of fused-ring (bicyclic) bond motifs is 1. The first kappa shape index (κ1) is 20.2. The number of ether oxygens (including phenoxy) is 1. The van der Waals surface area contributed by atoms with Gasteiger partial charge in [0, 0.05) is 17.7 Å². The normalized spacial score (nSPS) is 21.7. The Kier molecular flexibility index (Phi) is 5.41. The molecule has 2 atom stereocenters. The van der Waals surface area contributed by atoms with E-state index in [2.05, 4.69) is 0 Å². The summed E-state index contributed by atoms with van der Waals surface area (Å²) < 4.78 is 32.8. The minimum atomic E-state index is -3.95. The summed E-state index contributed by atoms with van der Waals surface area (Å²) in [6, 6.07) is 14.9. The molecule has 2 aromatic rings. The van der Waals surface area contributed by atoms with Gasteiger partial charge in [-0.25, -0.2) is 13.2 Å². The van der Waals surface area contributed by atoms with Gasteiger partial charge >= 0.3 is 5.97 Å². The summed E-state index contributed by atoms with van der Waals surface area (Å²) in [6.45, 7) is 5.00. The number of ketones is 1. The van der Waals surface area contributed by atoms with E-state index < -0.39 is 27.4 Å². The first-order valence-electron chi connectivity index (χ1n) is 9.22. The van der Waals surface area contributed by atoms with Crippen LogP contribution in [0.1, 0.15) is 36.7 Å². The molecule has 1 heterocycles. The average Bonchev–Trinajstić information content (AvgIpc) is 2.92. The first-order valence-corrected chi connectivity index (χ1v) is 10.7. The Labute approximate surface area is 165 Å². The lowest BCUT2D eigenvalue weighted by Gasteiger charge is -2.38. The third-order valence-corrected chi connectivity index (χ3v) is 7.25. The predicted octanol–water partition coefficient (Wildman–Crippen LogP) is 2.99. The molecular formula is C21H23NO5S. The average molecular weight is 401 g/mol. The molecule has 0 fully saturated rings. The van der Waals surface area contributed by atoms with Crippen molar-refractivity contribution in [2.75, 3.05) is 13.2 Å². The zero-order valence-corrected chi connectivity index (χ0v) is 16.9. The lowest BCUT2D eigenvalue weighted by molar-refractivity contribution is -0.157. The molecule has 0 saturated heterocycles. The fraction of sp³-hybridized carbons (Fsp3) is 0.333. The van der Waals surface area contributed by atoms with Crippen molar-refractivity contribution in [1.82, 2.24) is 4.31 Å². The van der Waals surface area contributed by atoms with Crippen molar-refractivity contribution in [1.29, 1.82) is 0 Å². The van der Waals surface area contributed by atoms with Crippen LogP contribution in [0.3, 0.4) is 0 Å². The smallest absolute Gasteiger partial charge is 0.333 e. The van der Waals surface area contributed by atoms with Crippen molar-refractivity contribution >= 4 is 21.8 Å². The van der Waals surface area contributed by atoms with Crippen molar-refractivity contribution in [2.24, 2.45) is 5.92 Å². The molecule has 0 spiro atoms. The Morgan fingerprint density at radius 2 is 1.64 bits per heavy atom. The Morgan fingerprint density at radius 3 is 2.25 bits per heavy atom. The molecular weight excluding hydrogens is 378 g/mol. The second kappa shape index (κ2) is 7.48. The van der Waals surface area contributed by atoms with Crippen LogP contribution in [0, 0.1) is 5.92 Å². The van der Waals surface area contributed by atoms with Gasteiger partial charge in [0.25, 0.3) is 0 Å². The highest BCUT2D eigenvalue weighted by Gasteiger charge is 2.63. The number of nitrogens with zero attached hydrogens (tertiary/aromatic N) is 1. The fourth-order valence-corrected chi connectivity index (χ4v) is 6.03. The Hall–Kier alpha value is -2.51. The second-order valence-electron chi connectivity index (χ2n) is 6.60. The van der Waals surface area contributed by atoms with Crippen molar-refractivity contribution in [3.05, 3.63) is 65.7 Å². The lowest BCUT2D eigenvalue weighted by atomic mass is 9.75. The highest BCUT2D eigenvalue weighted by atomic mass is 32.2. The highest BCUT2D eigenvalue weighted by Crippen LogP contribution is 2.50. The SMILES string of the molecule is CCOC(=O)[C@]1([C@@H](C)C(=O)c2ccccc2)c2ccccc2S(=O)(=O)N1CC. The van der Waals surface area contributed by atoms with Gasteiger partial charge in [0.1, 0.15) is 0 Å². The topological polar surface area (TPSA) is 80.8 Å². The number of carbonyl (C=O) groups excluding carboxylic acids is 2. The maximum atomic E-state index is 13.3. The Morgan fingerprint density at radius 1 is 1.04 bits per heavy atom. The quantitative estimate of drug-likeness (QED) is 0.549. The first-order chi connectivity index (χ1) is 13.3. The standard InChI is InChI=1S/C21H23NO5S/c1-4-22-21(20(24)27-5-2,15(3)19(23)16-11-7-6-8-12-16)17-13-9-10-14-18(17)28(22,25)26/h6-15H,4-5H2,1-3H3/t15-,21-/m0/s1. The van der Waals surface area contributed by atoms with Crippen molar-refractivity contribution in [3.63, 3.8) is 0 Å². The number of carbonyl (C=O) groups is 2. The predicted molar refractivity (Wildman–Crippen MR) is 104 cm³/mol. The van der Waals surface area contributed by atoms with Gasteiger partial charge in [0.15, 0.2) is 11.3 Å². The van der Waals surface area contributed by atoms with Crippen molar-refractivity contribution in [3.8, 4) is 0 Å². The molecule has 7 heteroatoms. The molecule has 0 radical (unpaired) electrons. The van der Waals surface area contributed by atoms with Crippen LogP contribution in [0.2, 0.25) is 0 Å². The van der Waals surface area contributed by atoms with Gasteiger partial charge in [0.05, 0.1) is 17.4 Å². The van der Waals surface area contributed by atoms with E-state index in [9.17, 15) is 18.0 Å². The number of hydrogen-bond acceptors (Lipinski definition) is 5. The van der Waals surface area contributed by atoms with E-state index in [-0.39, 0.29) is 29.4 Å². The van der Waals surface area contributed by atoms with Gasteiger partial charge < -0.3 is 4.74 Å². The largest absolute Gasteiger partial charge is 0.464 e. The minimum Gasteiger partial charge on any atom is -0.464 e. The summed E-state index contributed by atoms with van der Waals surface area (Å²) in [5.74, 6) is -2.03. The molecule has 0 unspecified atom stereocenters. The van der Waals surface area contributed by atoms with E-state index in [1.165, 1.54) is 6.07 Å². The molecule has 0 N–H and O–H groups in total. The molecule has 0 aromatic heterocycles. The zero-order valence-electron chi connectivity index (χ0n) is 16.1. The summed E-state index contributed by atoms with van der Waals surface area (Å²) >= 11 is 0. The number of likely N-dealkylation sites (N-methyl/N-ethyl adjacent to an activating group) is 1. The summed E-state index contributed by atoms with van der Waals surface area (Å²) in [6.07, 6.45) is 0. The van der Waals surface area contributed by atoms with Crippen LogP contribution < -0.4 is 0 Å². The summed E-state index contributed by atoms with van der Waals surface area (Å²) in [5, 5.41) is 0. The van der Waals surface area contributed by atoms with Crippen LogP contribution in [0.15, 0.2) is 59.5 Å². The summed E-state index contributed by atoms with van der Waals surface area (Å²) in [7, 11) is -3.95. The highest BCUT2D eigenvalue weighted by molar-refractivity contribution is 7.89. The third-order valence-electron chi connectivity index (χ3n) is 5.21. The maximum Gasteiger partial charge on any atom is 0.333 e. The van der Waals surface area contributed by atoms with Crippen LogP contribution in [0.25, 0.3) is 0 Å². The van der Waals surface area contributed by atoms with E-state index in [4.69, 9.17) is 4.74 Å². The van der Waals surface area contributed by atoms with Crippen LogP contribution >= 0.6 is 0 Å². The molecule has 0 amide bonds. The monoisotopic (exact) mass is 401 g/mol. The number of hydrogen-bond donors (Lipinski definition) is 0. The summed E-state index contributed by atoms with van der Waals surface area (Å²) in [4.78, 5) is 26.6. The Bertz CT molecular complexity index is 1000. The second-order valence-corrected chi connectivity index (χ2v) is 8.44.